The summed E-state index contributed by atoms with van der Waals surface area (Å²) in [5.74, 6) is -1.28. The van der Waals surface area contributed by atoms with Crippen LogP contribution in [0.15, 0.2) is 48.5 Å². The van der Waals surface area contributed by atoms with Crippen molar-refractivity contribution in [1.82, 2.24) is 0 Å². The lowest BCUT2D eigenvalue weighted by Crippen LogP contribution is -1.95. The molecule has 2 nitrogen and oxygen atoms in total. The van der Waals surface area contributed by atoms with Gasteiger partial charge in [0.15, 0.2) is 0 Å². The molecule has 2 aromatic rings. The monoisotopic (exact) mass is 216 g/mol. The van der Waals surface area contributed by atoms with E-state index in [-0.39, 0.29) is 11.4 Å². The Morgan fingerprint density at radius 3 is 2.31 bits per heavy atom. The van der Waals surface area contributed by atoms with Gasteiger partial charge in [-0.3, -0.25) is 0 Å². The van der Waals surface area contributed by atoms with Crippen molar-refractivity contribution in [3.63, 3.8) is 0 Å². The number of carbonyl (C=O) groups is 1. The maximum absolute atomic E-state index is 12.7. The minimum atomic E-state index is -0.969. The number of rotatable bonds is 2. The van der Waals surface area contributed by atoms with Gasteiger partial charge in [0.05, 0.1) is 5.56 Å². The molecule has 2 rings (SSSR count). The SMILES string of the molecule is O=C(O)c1cccc(-c2ccc(F)cc2)c1. The van der Waals surface area contributed by atoms with E-state index in [1.54, 1.807) is 30.3 Å². The standard InChI is InChI=1S/C13H9FO2/c14-12-6-4-9(5-7-12)10-2-1-3-11(8-10)13(15)16/h1-8H,(H,15,16). The second-order valence-electron chi connectivity index (χ2n) is 3.39. The fourth-order valence-electron chi connectivity index (χ4n) is 1.47. The molecule has 0 unspecified atom stereocenters. The molecular formula is C13H9FO2. The second-order valence-corrected chi connectivity index (χ2v) is 3.39. The van der Waals surface area contributed by atoms with Gasteiger partial charge in [-0.25, -0.2) is 9.18 Å². The molecule has 0 heterocycles. The average molecular weight is 216 g/mol. The Labute approximate surface area is 92.0 Å². The predicted molar refractivity (Wildman–Crippen MR) is 58.8 cm³/mol. The first-order chi connectivity index (χ1) is 7.66. The van der Waals surface area contributed by atoms with Crippen molar-refractivity contribution in [3.8, 4) is 11.1 Å². The zero-order chi connectivity index (χ0) is 11.5. The molecule has 0 aliphatic carbocycles. The van der Waals surface area contributed by atoms with Gasteiger partial charge in [-0.1, -0.05) is 24.3 Å². The summed E-state index contributed by atoms with van der Waals surface area (Å²) >= 11 is 0. The molecule has 0 bridgehead atoms. The van der Waals surface area contributed by atoms with Gasteiger partial charge >= 0.3 is 5.97 Å². The highest BCUT2D eigenvalue weighted by atomic mass is 19.1. The van der Waals surface area contributed by atoms with Crippen LogP contribution >= 0.6 is 0 Å². The third-order valence-electron chi connectivity index (χ3n) is 2.29. The first-order valence-electron chi connectivity index (χ1n) is 4.76. The maximum atomic E-state index is 12.7. The summed E-state index contributed by atoms with van der Waals surface area (Å²) in [6, 6.07) is 12.5. The highest BCUT2D eigenvalue weighted by Gasteiger charge is 2.04. The van der Waals surface area contributed by atoms with Crippen molar-refractivity contribution < 1.29 is 14.3 Å². The Balaban J connectivity index is 2.44. The number of benzene rings is 2. The Hall–Kier alpha value is -2.16. The third-order valence-corrected chi connectivity index (χ3v) is 2.29. The number of carboxylic acids is 1. The van der Waals surface area contributed by atoms with Crippen molar-refractivity contribution in [2.75, 3.05) is 0 Å². The van der Waals surface area contributed by atoms with Crippen molar-refractivity contribution in [1.29, 1.82) is 0 Å². The van der Waals surface area contributed by atoms with E-state index in [1.807, 2.05) is 0 Å². The van der Waals surface area contributed by atoms with Crippen molar-refractivity contribution in [2.45, 2.75) is 0 Å². The normalized spacial score (nSPS) is 10.1. The van der Waals surface area contributed by atoms with Crippen molar-refractivity contribution in [3.05, 3.63) is 59.9 Å². The van der Waals surface area contributed by atoms with Gasteiger partial charge in [0.2, 0.25) is 0 Å². The van der Waals surface area contributed by atoms with Gasteiger partial charge in [-0.2, -0.15) is 0 Å². The number of hydrogen-bond acceptors (Lipinski definition) is 1. The molecule has 0 saturated heterocycles. The van der Waals surface area contributed by atoms with Gasteiger partial charge < -0.3 is 5.11 Å². The number of hydrogen-bond donors (Lipinski definition) is 1. The summed E-state index contributed by atoms with van der Waals surface area (Å²) in [5, 5.41) is 8.84. The van der Waals surface area contributed by atoms with Crippen LogP contribution in [-0.4, -0.2) is 11.1 Å². The van der Waals surface area contributed by atoms with E-state index in [1.165, 1.54) is 18.2 Å². The first-order valence-corrected chi connectivity index (χ1v) is 4.76. The highest BCUT2D eigenvalue weighted by molar-refractivity contribution is 5.89. The molecule has 0 radical (unpaired) electrons. The average Bonchev–Trinajstić information content (AvgIpc) is 2.30. The molecule has 0 saturated carbocycles. The van der Waals surface area contributed by atoms with Gasteiger partial charge in [0.1, 0.15) is 5.82 Å². The number of aromatic carboxylic acids is 1. The maximum Gasteiger partial charge on any atom is 0.335 e. The van der Waals surface area contributed by atoms with E-state index >= 15 is 0 Å². The minimum Gasteiger partial charge on any atom is -0.478 e. The van der Waals surface area contributed by atoms with Crippen LogP contribution in [0.1, 0.15) is 10.4 Å². The minimum absolute atomic E-state index is 0.224. The van der Waals surface area contributed by atoms with Crippen LogP contribution < -0.4 is 0 Å². The lowest BCUT2D eigenvalue weighted by atomic mass is 10.0. The molecule has 3 heteroatoms. The summed E-state index contributed by atoms with van der Waals surface area (Å²) in [7, 11) is 0. The molecular weight excluding hydrogens is 207 g/mol. The van der Waals surface area contributed by atoms with Gasteiger partial charge in [0.25, 0.3) is 0 Å². The Kier molecular flexibility index (Phi) is 2.68. The largest absolute Gasteiger partial charge is 0.478 e. The Bertz CT molecular complexity index is 518. The van der Waals surface area contributed by atoms with Gasteiger partial charge in [-0.15, -0.1) is 0 Å². The van der Waals surface area contributed by atoms with Crippen LogP contribution in [0.2, 0.25) is 0 Å². The molecule has 80 valence electrons. The first kappa shape index (κ1) is 10.4. The van der Waals surface area contributed by atoms with E-state index in [0.717, 1.165) is 11.1 Å². The molecule has 0 aromatic heterocycles. The Morgan fingerprint density at radius 1 is 1.00 bits per heavy atom. The van der Waals surface area contributed by atoms with Crippen molar-refractivity contribution >= 4 is 5.97 Å². The van der Waals surface area contributed by atoms with Gasteiger partial charge in [-0.05, 0) is 35.4 Å². The topological polar surface area (TPSA) is 37.3 Å². The van der Waals surface area contributed by atoms with Crippen LogP contribution in [-0.2, 0) is 0 Å². The Morgan fingerprint density at radius 2 is 1.69 bits per heavy atom. The van der Waals surface area contributed by atoms with E-state index in [2.05, 4.69) is 0 Å². The molecule has 1 N–H and O–H groups in total. The van der Waals surface area contributed by atoms with Crippen LogP contribution in [0, 0.1) is 5.82 Å². The summed E-state index contributed by atoms with van der Waals surface area (Å²) in [6.07, 6.45) is 0. The number of carboxylic acid groups (broad SMARTS) is 1. The molecule has 0 spiro atoms. The van der Waals surface area contributed by atoms with Crippen LogP contribution in [0.3, 0.4) is 0 Å². The third kappa shape index (κ3) is 2.08. The predicted octanol–water partition coefficient (Wildman–Crippen LogP) is 3.19. The zero-order valence-corrected chi connectivity index (χ0v) is 8.35. The lowest BCUT2D eigenvalue weighted by Gasteiger charge is -2.02. The quantitative estimate of drug-likeness (QED) is 0.837. The smallest absolute Gasteiger partial charge is 0.335 e. The second kappa shape index (κ2) is 4.14. The molecule has 2 aromatic carbocycles. The van der Waals surface area contributed by atoms with Crippen LogP contribution in [0.5, 0.6) is 0 Å². The fourth-order valence-corrected chi connectivity index (χ4v) is 1.47. The molecule has 0 aliphatic rings. The van der Waals surface area contributed by atoms with Gasteiger partial charge in [0, 0.05) is 0 Å². The summed E-state index contributed by atoms with van der Waals surface area (Å²) in [6.45, 7) is 0. The van der Waals surface area contributed by atoms with E-state index in [9.17, 15) is 9.18 Å². The summed E-state index contributed by atoms with van der Waals surface area (Å²) < 4.78 is 12.7. The molecule has 0 amide bonds. The highest BCUT2D eigenvalue weighted by Crippen LogP contribution is 2.20. The molecule has 0 aliphatic heterocycles. The molecule has 16 heavy (non-hydrogen) atoms. The van der Waals surface area contributed by atoms with Crippen LogP contribution in [0.4, 0.5) is 4.39 Å². The summed E-state index contributed by atoms with van der Waals surface area (Å²) in [5.41, 5.74) is 1.78. The van der Waals surface area contributed by atoms with E-state index < -0.39 is 5.97 Å². The van der Waals surface area contributed by atoms with E-state index in [4.69, 9.17) is 5.11 Å². The lowest BCUT2D eigenvalue weighted by molar-refractivity contribution is 0.0697. The number of halogens is 1. The fraction of sp³-hybridized carbons (Fsp3) is 0. The molecule has 0 atom stereocenters. The summed E-state index contributed by atoms with van der Waals surface area (Å²) in [4.78, 5) is 10.8. The zero-order valence-electron chi connectivity index (χ0n) is 8.35. The van der Waals surface area contributed by atoms with Crippen molar-refractivity contribution in [2.24, 2.45) is 0 Å². The van der Waals surface area contributed by atoms with Crippen LogP contribution in [0.25, 0.3) is 11.1 Å². The molecule has 0 fully saturated rings. The van der Waals surface area contributed by atoms with E-state index in [0.29, 0.717) is 0 Å².